The van der Waals surface area contributed by atoms with Gasteiger partial charge in [0.25, 0.3) is 11.8 Å². The van der Waals surface area contributed by atoms with Gasteiger partial charge in [0.2, 0.25) is 0 Å². The molecule has 0 unspecified atom stereocenters. The molecule has 3 rings (SSSR count). The predicted octanol–water partition coefficient (Wildman–Crippen LogP) is 5.12. The van der Waals surface area contributed by atoms with Crippen molar-refractivity contribution >= 4 is 35.1 Å². The smallest absolute Gasteiger partial charge is 0.283 e. The SMILES string of the molecule is CCN(CC)CCNCc1cccc(C(=O)Nc2c(C)csc2C(=O)NN=Cc2ccc(C)c(C)c2)c1. The number of likely N-dealkylation sites (N-methyl/N-ethyl adjacent to an activating group) is 1. The van der Waals surface area contributed by atoms with Crippen LogP contribution in [-0.2, 0) is 6.54 Å². The summed E-state index contributed by atoms with van der Waals surface area (Å²) in [5, 5.41) is 12.3. The fourth-order valence-corrected chi connectivity index (χ4v) is 4.74. The van der Waals surface area contributed by atoms with E-state index in [1.807, 2.05) is 55.6 Å². The first-order valence-corrected chi connectivity index (χ1v) is 13.5. The van der Waals surface area contributed by atoms with Crippen molar-refractivity contribution < 1.29 is 9.59 Å². The lowest BCUT2D eigenvalue weighted by atomic mass is 10.1. The zero-order chi connectivity index (χ0) is 26.8. The molecule has 0 aliphatic rings. The van der Waals surface area contributed by atoms with Gasteiger partial charge in [-0.05, 0) is 79.2 Å². The van der Waals surface area contributed by atoms with Gasteiger partial charge in [0.15, 0.2) is 0 Å². The number of nitrogens with zero attached hydrogens (tertiary/aromatic N) is 2. The minimum Gasteiger partial charge on any atom is -0.320 e. The lowest BCUT2D eigenvalue weighted by Gasteiger charge is -2.18. The molecule has 3 aromatic rings. The van der Waals surface area contributed by atoms with Crippen molar-refractivity contribution in [1.82, 2.24) is 15.6 Å². The van der Waals surface area contributed by atoms with E-state index in [-0.39, 0.29) is 11.8 Å². The maximum absolute atomic E-state index is 13.1. The largest absolute Gasteiger partial charge is 0.320 e. The fraction of sp³-hybridized carbons (Fsp3) is 0.345. The first-order chi connectivity index (χ1) is 17.8. The standard InChI is InChI=1S/C29H37N5O2S/c1-6-34(7-2)14-13-30-17-23-9-8-10-25(16-23)28(35)32-26-22(5)19-37-27(26)29(36)33-31-18-24-12-11-20(3)21(4)15-24/h8-12,15-16,18-19,30H,6-7,13-14,17H2,1-5H3,(H,32,35)(H,33,36). The number of rotatable bonds is 12. The molecule has 0 atom stereocenters. The summed E-state index contributed by atoms with van der Waals surface area (Å²) in [6, 6.07) is 13.5. The molecule has 0 bridgehead atoms. The molecule has 37 heavy (non-hydrogen) atoms. The van der Waals surface area contributed by atoms with Crippen LogP contribution in [0.25, 0.3) is 0 Å². The Balaban J connectivity index is 1.61. The summed E-state index contributed by atoms with van der Waals surface area (Å²) in [5.74, 6) is -0.612. The summed E-state index contributed by atoms with van der Waals surface area (Å²) in [4.78, 5) is 28.7. The van der Waals surface area contributed by atoms with Crippen LogP contribution in [0.2, 0.25) is 0 Å². The van der Waals surface area contributed by atoms with Crippen molar-refractivity contribution in [3.05, 3.63) is 86.1 Å². The molecule has 3 N–H and O–H groups in total. The van der Waals surface area contributed by atoms with Gasteiger partial charge in [0.1, 0.15) is 4.88 Å². The van der Waals surface area contributed by atoms with Crippen LogP contribution in [-0.4, -0.2) is 49.1 Å². The number of hydrogen-bond acceptors (Lipinski definition) is 6. The Morgan fingerprint density at radius 2 is 1.76 bits per heavy atom. The van der Waals surface area contributed by atoms with Crippen molar-refractivity contribution in [1.29, 1.82) is 0 Å². The van der Waals surface area contributed by atoms with E-state index in [4.69, 9.17) is 0 Å². The minimum absolute atomic E-state index is 0.251. The molecule has 1 aromatic heterocycles. The molecule has 0 radical (unpaired) electrons. The molecule has 0 aliphatic carbocycles. The molecule has 0 spiro atoms. The van der Waals surface area contributed by atoms with Crippen LogP contribution in [0.1, 0.15) is 61.7 Å². The van der Waals surface area contributed by atoms with E-state index in [1.165, 1.54) is 16.9 Å². The zero-order valence-electron chi connectivity index (χ0n) is 22.4. The van der Waals surface area contributed by atoms with Gasteiger partial charge in [-0.2, -0.15) is 5.10 Å². The average molecular weight is 520 g/mol. The summed E-state index contributed by atoms with van der Waals surface area (Å²) in [5.41, 5.74) is 8.77. The van der Waals surface area contributed by atoms with E-state index < -0.39 is 0 Å². The quantitative estimate of drug-likeness (QED) is 0.176. The van der Waals surface area contributed by atoms with E-state index in [2.05, 4.69) is 46.8 Å². The van der Waals surface area contributed by atoms with Gasteiger partial charge in [-0.25, -0.2) is 5.43 Å². The molecule has 2 amide bonds. The second kappa shape index (κ2) is 13.8. The van der Waals surface area contributed by atoms with Crippen molar-refractivity contribution in [2.75, 3.05) is 31.5 Å². The Hall–Kier alpha value is -3.33. The topological polar surface area (TPSA) is 85.8 Å². The summed E-state index contributed by atoms with van der Waals surface area (Å²) < 4.78 is 0. The van der Waals surface area contributed by atoms with E-state index in [1.54, 1.807) is 12.3 Å². The van der Waals surface area contributed by atoms with E-state index >= 15 is 0 Å². The number of hydrazone groups is 1. The summed E-state index contributed by atoms with van der Waals surface area (Å²) in [6.07, 6.45) is 1.62. The molecule has 2 aromatic carbocycles. The lowest BCUT2D eigenvalue weighted by molar-refractivity contribution is 0.0960. The molecule has 7 nitrogen and oxygen atoms in total. The number of carbonyl (C=O) groups excluding carboxylic acids is 2. The molecule has 0 saturated heterocycles. The highest BCUT2D eigenvalue weighted by atomic mass is 32.1. The number of amides is 2. The van der Waals surface area contributed by atoms with Crippen molar-refractivity contribution in [3.63, 3.8) is 0 Å². The Kier molecular flexibility index (Phi) is 10.6. The number of aryl methyl sites for hydroxylation is 3. The van der Waals surface area contributed by atoms with Crippen LogP contribution in [0.5, 0.6) is 0 Å². The molecule has 8 heteroatoms. The zero-order valence-corrected chi connectivity index (χ0v) is 23.2. The van der Waals surface area contributed by atoms with Gasteiger partial charge >= 0.3 is 0 Å². The summed E-state index contributed by atoms with van der Waals surface area (Å²) in [7, 11) is 0. The number of thiophene rings is 1. The van der Waals surface area contributed by atoms with Crippen molar-refractivity contribution in [3.8, 4) is 0 Å². The second-order valence-corrected chi connectivity index (χ2v) is 9.90. The molecule has 0 fully saturated rings. The second-order valence-electron chi connectivity index (χ2n) is 9.02. The average Bonchev–Trinajstić information content (AvgIpc) is 3.26. The third-order valence-electron chi connectivity index (χ3n) is 6.35. The lowest BCUT2D eigenvalue weighted by Crippen LogP contribution is -2.31. The number of carbonyl (C=O) groups is 2. The van der Waals surface area contributed by atoms with Gasteiger partial charge in [0, 0.05) is 25.2 Å². The monoisotopic (exact) mass is 519 g/mol. The Labute approximate surface area is 224 Å². The highest BCUT2D eigenvalue weighted by molar-refractivity contribution is 7.13. The molecule has 0 saturated carbocycles. The van der Waals surface area contributed by atoms with Gasteiger partial charge in [0.05, 0.1) is 11.9 Å². The van der Waals surface area contributed by atoms with Crippen LogP contribution in [0.4, 0.5) is 5.69 Å². The molecule has 196 valence electrons. The first-order valence-electron chi connectivity index (χ1n) is 12.6. The highest BCUT2D eigenvalue weighted by Crippen LogP contribution is 2.28. The Bertz CT molecular complexity index is 1250. The number of nitrogens with one attached hydrogen (secondary N) is 3. The minimum atomic E-state index is -0.361. The van der Waals surface area contributed by atoms with Crippen molar-refractivity contribution in [2.45, 2.75) is 41.2 Å². The maximum atomic E-state index is 13.1. The molecule has 0 aliphatic heterocycles. The molecule has 1 heterocycles. The normalized spacial score (nSPS) is 11.3. The van der Waals surface area contributed by atoms with Crippen molar-refractivity contribution in [2.24, 2.45) is 5.10 Å². The maximum Gasteiger partial charge on any atom is 0.283 e. The molecular formula is C29H37N5O2S. The van der Waals surface area contributed by atoms with Gasteiger partial charge in [-0.1, -0.05) is 44.2 Å². The fourth-order valence-electron chi connectivity index (χ4n) is 3.85. The number of anilines is 1. The van der Waals surface area contributed by atoms with Gasteiger partial charge < -0.3 is 15.5 Å². The highest BCUT2D eigenvalue weighted by Gasteiger charge is 2.19. The number of benzene rings is 2. The summed E-state index contributed by atoms with van der Waals surface area (Å²) >= 11 is 1.28. The summed E-state index contributed by atoms with van der Waals surface area (Å²) in [6.45, 7) is 14.9. The third kappa shape index (κ3) is 8.08. The van der Waals surface area contributed by atoms with Crippen LogP contribution >= 0.6 is 11.3 Å². The number of hydrogen-bond donors (Lipinski definition) is 3. The van der Waals surface area contributed by atoms with Crippen LogP contribution in [0, 0.1) is 20.8 Å². The Morgan fingerprint density at radius 1 is 0.973 bits per heavy atom. The van der Waals surface area contributed by atoms with Gasteiger partial charge in [-0.3, -0.25) is 9.59 Å². The van der Waals surface area contributed by atoms with Crippen LogP contribution in [0.3, 0.4) is 0 Å². The van der Waals surface area contributed by atoms with E-state index in [9.17, 15) is 9.59 Å². The van der Waals surface area contributed by atoms with Crippen LogP contribution in [0.15, 0.2) is 52.9 Å². The predicted molar refractivity (Wildman–Crippen MR) is 154 cm³/mol. The third-order valence-corrected chi connectivity index (χ3v) is 7.44. The Morgan fingerprint density at radius 3 is 2.49 bits per heavy atom. The van der Waals surface area contributed by atoms with Gasteiger partial charge in [-0.15, -0.1) is 11.3 Å². The van der Waals surface area contributed by atoms with E-state index in [0.29, 0.717) is 22.7 Å². The van der Waals surface area contributed by atoms with Crippen LogP contribution < -0.4 is 16.1 Å². The molecular weight excluding hydrogens is 482 g/mol. The van der Waals surface area contributed by atoms with E-state index in [0.717, 1.165) is 48.4 Å². The first kappa shape index (κ1) is 28.2.